The monoisotopic (exact) mass is 277 g/mol. The van der Waals surface area contributed by atoms with Gasteiger partial charge in [0.05, 0.1) is 5.69 Å². The molecule has 2 aromatic rings. The number of para-hydroxylation sites is 1. The van der Waals surface area contributed by atoms with Crippen LogP contribution in [-0.4, -0.2) is 23.1 Å². The molecule has 106 valence electrons. The highest BCUT2D eigenvalue weighted by Crippen LogP contribution is 2.42. The summed E-state index contributed by atoms with van der Waals surface area (Å²) in [6.07, 6.45) is 0.245. The van der Waals surface area contributed by atoms with Gasteiger partial charge in [0.1, 0.15) is 6.17 Å². The summed E-state index contributed by atoms with van der Waals surface area (Å²) in [5, 5.41) is 7.10. The van der Waals surface area contributed by atoms with E-state index in [-0.39, 0.29) is 6.17 Å². The standard InChI is InChI=1S/C18H19N3/c1-12(2)21-13(3)20-17-11-7-6-9-15(17)14-8-4-5-10-16(14)18(20)19-21/h4-13H,1-3H3. The van der Waals surface area contributed by atoms with Gasteiger partial charge in [0.25, 0.3) is 0 Å². The summed E-state index contributed by atoms with van der Waals surface area (Å²) in [7, 11) is 0. The number of benzene rings is 2. The van der Waals surface area contributed by atoms with Gasteiger partial charge in [-0.3, -0.25) is 5.01 Å². The van der Waals surface area contributed by atoms with Crippen LogP contribution in [0.1, 0.15) is 26.3 Å². The molecule has 0 saturated carbocycles. The first kappa shape index (κ1) is 12.5. The van der Waals surface area contributed by atoms with Gasteiger partial charge in [-0.25, -0.2) is 0 Å². The minimum Gasteiger partial charge on any atom is -0.302 e. The van der Waals surface area contributed by atoms with Gasteiger partial charge < -0.3 is 4.90 Å². The fourth-order valence-electron chi connectivity index (χ4n) is 3.41. The highest BCUT2D eigenvalue weighted by molar-refractivity contribution is 6.19. The lowest BCUT2D eigenvalue weighted by atomic mass is 9.92. The van der Waals surface area contributed by atoms with Crippen LogP contribution < -0.4 is 4.90 Å². The van der Waals surface area contributed by atoms with E-state index in [1.165, 1.54) is 22.4 Å². The average molecular weight is 277 g/mol. The Morgan fingerprint density at radius 2 is 1.52 bits per heavy atom. The highest BCUT2D eigenvalue weighted by Gasteiger charge is 2.38. The smallest absolute Gasteiger partial charge is 0.162 e. The summed E-state index contributed by atoms with van der Waals surface area (Å²) >= 11 is 0. The molecular weight excluding hydrogens is 258 g/mol. The summed E-state index contributed by atoms with van der Waals surface area (Å²) in [5.74, 6) is 1.07. The second-order valence-corrected chi connectivity index (χ2v) is 5.96. The van der Waals surface area contributed by atoms with Crippen molar-refractivity contribution in [1.82, 2.24) is 5.01 Å². The minimum atomic E-state index is 0.245. The molecule has 2 heterocycles. The highest BCUT2D eigenvalue weighted by atomic mass is 15.6. The van der Waals surface area contributed by atoms with Crippen LogP contribution in [0.2, 0.25) is 0 Å². The van der Waals surface area contributed by atoms with E-state index >= 15 is 0 Å². The number of hydrogen-bond donors (Lipinski definition) is 0. The van der Waals surface area contributed by atoms with E-state index in [2.05, 4.69) is 79.2 Å². The first-order valence-corrected chi connectivity index (χ1v) is 7.53. The minimum absolute atomic E-state index is 0.245. The van der Waals surface area contributed by atoms with Gasteiger partial charge in [-0.2, -0.15) is 5.10 Å². The van der Waals surface area contributed by atoms with E-state index in [1.807, 2.05) is 0 Å². The largest absolute Gasteiger partial charge is 0.302 e. The Hall–Kier alpha value is -2.29. The number of nitrogens with zero attached hydrogens (tertiary/aromatic N) is 3. The molecule has 1 unspecified atom stereocenters. The van der Waals surface area contributed by atoms with Crippen molar-refractivity contribution in [1.29, 1.82) is 0 Å². The molecule has 0 N–H and O–H groups in total. The Morgan fingerprint density at radius 3 is 2.24 bits per heavy atom. The van der Waals surface area contributed by atoms with Crippen molar-refractivity contribution in [3.8, 4) is 11.1 Å². The zero-order chi connectivity index (χ0) is 14.6. The first-order chi connectivity index (χ1) is 10.2. The zero-order valence-electron chi connectivity index (χ0n) is 12.6. The average Bonchev–Trinajstić information content (AvgIpc) is 2.86. The van der Waals surface area contributed by atoms with E-state index in [0.717, 1.165) is 5.84 Å². The maximum absolute atomic E-state index is 4.91. The van der Waals surface area contributed by atoms with Crippen LogP contribution in [0.25, 0.3) is 11.1 Å². The Labute approximate surface area is 125 Å². The van der Waals surface area contributed by atoms with E-state index < -0.39 is 0 Å². The van der Waals surface area contributed by atoms with Crippen LogP contribution >= 0.6 is 0 Å². The number of fused-ring (bicyclic) bond motifs is 6. The number of hydrazone groups is 1. The number of amidine groups is 1. The molecule has 2 aliphatic heterocycles. The molecule has 0 amide bonds. The van der Waals surface area contributed by atoms with Gasteiger partial charge in [-0.05, 0) is 32.4 Å². The molecule has 3 nitrogen and oxygen atoms in total. The van der Waals surface area contributed by atoms with E-state index in [4.69, 9.17) is 5.10 Å². The molecular formula is C18H19N3. The zero-order valence-corrected chi connectivity index (χ0v) is 12.6. The number of anilines is 1. The molecule has 2 aromatic carbocycles. The molecule has 0 aliphatic carbocycles. The first-order valence-electron chi connectivity index (χ1n) is 7.53. The second kappa shape index (κ2) is 4.35. The third-order valence-corrected chi connectivity index (χ3v) is 4.35. The third-order valence-electron chi connectivity index (χ3n) is 4.35. The summed E-state index contributed by atoms with van der Waals surface area (Å²) in [5.41, 5.74) is 5.06. The second-order valence-electron chi connectivity index (χ2n) is 5.96. The van der Waals surface area contributed by atoms with Crippen LogP contribution in [0, 0.1) is 0 Å². The molecule has 0 fully saturated rings. The maximum Gasteiger partial charge on any atom is 0.162 e. The topological polar surface area (TPSA) is 18.8 Å². The number of rotatable bonds is 1. The molecule has 0 bridgehead atoms. The third kappa shape index (κ3) is 1.63. The molecule has 0 aromatic heterocycles. The quantitative estimate of drug-likeness (QED) is 0.787. The van der Waals surface area contributed by atoms with Gasteiger partial charge >= 0.3 is 0 Å². The van der Waals surface area contributed by atoms with Crippen LogP contribution in [0.15, 0.2) is 53.6 Å². The maximum atomic E-state index is 4.91. The van der Waals surface area contributed by atoms with Crippen molar-refractivity contribution >= 4 is 11.5 Å². The molecule has 3 heteroatoms. The summed E-state index contributed by atoms with van der Waals surface area (Å²) in [4.78, 5) is 2.36. The van der Waals surface area contributed by atoms with Crippen molar-refractivity contribution in [2.45, 2.75) is 33.0 Å². The van der Waals surface area contributed by atoms with E-state index in [9.17, 15) is 0 Å². The molecule has 0 spiro atoms. The molecule has 0 saturated heterocycles. The van der Waals surface area contributed by atoms with Crippen LogP contribution in [0.3, 0.4) is 0 Å². The predicted octanol–water partition coefficient (Wildman–Crippen LogP) is 3.91. The lowest BCUT2D eigenvalue weighted by Crippen LogP contribution is -2.43. The molecule has 21 heavy (non-hydrogen) atoms. The van der Waals surface area contributed by atoms with Crippen molar-refractivity contribution in [3.05, 3.63) is 54.1 Å². The molecule has 0 radical (unpaired) electrons. The Bertz CT molecular complexity index is 733. The fraction of sp³-hybridized carbons (Fsp3) is 0.278. The van der Waals surface area contributed by atoms with E-state index in [0.29, 0.717) is 6.04 Å². The van der Waals surface area contributed by atoms with Crippen LogP contribution in [-0.2, 0) is 0 Å². The number of hydrogen-bond acceptors (Lipinski definition) is 3. The van der Waals surface area contributed by atoms with Gasteiger partial charge in [0, 0.05) is 17.2 Å². The predicted molar refractivity (Wildman–Crippen MR) is 87.3 cm³/mol. The van der Waals surface area contributed by atoms with Crippen LogP contribution in [0.4, 0.5) is 5.69 Å². The Balaban J connectivity index is 1.99. The Morgan fingerprint density at radius 1 is 0.905 bits per heavy atom. The van der Waals surface area contributed by atoms with Crippen molar-refractivity contribution in [2.24, 2.45) is 5.10 Å². The Kier molecular flexibility index (Phi) is 2.58. The van der Waals surface area contributed by atoms with E-state index in [1.54, 1.807) is 0 Å². The molecule has 1 atom stereocenters. The lowest BCUT2D eigenvalue weighted by molar-refractivity contribution is 0.196. The SMILES string of the molecule is CC(C)N1N=C2c3ccccc3-c3ccccc3N2C1C. The van der Waals surface area contributed by atoms with Crippen molar-refractivity contribution in [3.63, 3.8) is 0 Å². The van der Waals surface area contributed by atoms with Gasteiger partial charge in [-0.15, -0.1) is 0 Å². The van der Waals surface area contributed by atoms with Gasteiger partial charge in [0.2, 0.25) is 0 Å². The molecule has 2 aliphatic rings. The molecule has 4 rings (SSSR count). The fourth-order valence-corrected chi connectivity index (χ4v) is 3.41. The van der Waals surface area contributed by atoms with Crippen molar-refractivity contribution in [2.75, 3.05) is 4.90 Å². The summed E-state index contributed by atoms with van der Waals surface area (Å²) in [6, 6.07) is 17.6. The summed E-state index contributed by atoms with van der Waals surface area (Å²) < 4.78 is 0. The van der Waals surface area contributed by atoms with Crippen molar-refractivity contribution < 1.29 is 0 Å². The normalized spacial score (nSPS) is 19.2. The van der Waals surface area contributed by atoms with Crippen LogP contribution in [0.5, 0.6) is 0 Å². The van der Waals surface area contributed by atoms with Gasteiger partial charge in [0.15, 0.2) is 5.84 Å². The summed E-state index contributed by atoms with van der Waals surface area (Å²) in [6.45, 7) is 6.61. The van der Waals surface area contributed by atoms with Gasteiger partial charge in [-0.1, -0.05) is 42.5 Å². The lowest BCUT2D eigenvalue weighted by Gasteiger charge is -2.35.